The van der Waals surface area contributed by atoms with Crippen molar-refractivity contribution in [3.05, 3.63) is 29.6 Å². The van der Waals surface area contributed by atoms with Crippen molar-refractivity contribution < 1.29 is 22.4 Å². The molecule has 0 radical (unpaired) electrons. The van der Waals surface area contributed by atoms with Crippen LogP contribution in [-0.2, 0) is 19.6 Å². The molecule has 9 heteroatoms. The lowest BCUT2D eigenvalue weighted by Gasteiger charge is -2.30. The standard InChI is InChI=1S/C12H10FN3O4S/c1-7-12(18)15-11(17)6-16(7)21(19,20)10-4-2-3-9(13)8(10)5-14/h2-4,7H,6H2,1H3,(H,15,17,18). The number of sulfonamides is 1. The maximum Gasteiger partial charge on any atom is 0.245 e. The maximum atomic E-state index is 13.5. The molecule has 2 rings (SSSR count). The van der Waals surface area contributed by atoms with Crippen LogP contribution in [0.3, 0.4) is 0 Å². The molecule has 1 heterocycles. The fourth-order valence-electron chi connectivity index (χ4n) is 1.94. The van der Waals surface area contributed by atoms with Gasteiger partial charge in [0.25, 0.3) is 0 Å². The van der Waals surface area contributed by atoms with Crippen molar-refractivity contribution in [2.75, 3.05) is 6.54 Å². The Morgan fingerprint density at radius 1 is 1.43 bits per heavy atom. The number of imide groups is 1. The van der Waals surface area contributed by atoms with Gasteiger partial charge >= 0.3 is 0 Å². The van der Waals surface area contributed by atoms with Gasteiger partial charge in [0, 0.05) is 0 Å². The van der Waals surface area contributed by atoms with Gasteiger partial charge in [0.05, 0.1) is 6.54 Å². The van der Waals surface area contributed by atoms with Gasteiger partial charge in [-0.1, -0.05) is 6.07 Å². The highest BCUT2D eigenvalue weighted by molar-refractivity contribution is 7.89. The average molecular weight is 311 g/mol. The first-order valence-corrected chi connectivity index (χ1v) is 7.27. The number of nitriles is 1. The molecule has 1 aliphatic heterocycles. The van der Waals surface area contributed by atoms with Crippen molar-refractivity contribution in [1.82, 2.24) is 9.62 Å². The summed E-state index contributed by atoms with van der Waals surface area (Å²) in [6.45, 7) is 0.724. The highest BCUT2D eigenvalue weighted by atomic mass is 32.2. The van der Waals surface area contributed by atoms with Gasteiger partial charge in [-0.2, -0.15) is 9.57 Å². The number of carbonyl (C=O) groups excluding carboxylic acids is 2. The van der Waals surface area contributed by atoms with Crippen molar-refractivity contribution in [1.29, 1.82) is 5.26 Å². The molecule has 1 N–H and O–H groups in total. The Labute approximate surface area is 120 Å². The Balaban J connectivity index is 2.58. The van der Waals surface area contributed by atoms with Crippen LogP contribution in [0.25, 0.3) is 0 Å². The Hall–Kier alpha value is -2.31. The smallest absolute Gasteiger partial charge is 0.245 e. The van der Waals surface area contributed by atoms with E-state index in [1.54, 1.807) is 0 Å². The van der Waals surface area contributed by atoms with Crippen LogP contribution in [0, 0.1) is 17.1 Å². The van der Waals surface area contributed by atoms with Crippen LogP contribution in [0.2, 0.25) is 0 Å². The van der Waals surface area contributed by atoms with Crippen molar-refractivity contribution >= 4 is 21.8 Å². The van der Waals surface area contributed by atoms with Crippen LogP contribution < -0.4 is 5.32 Å². The molecule has 0 aromatic heterocycles. The average Bonchev–Trinajstić information content (AvgIpc) is 2.42. The topological polar surface area (TPSA) is 107 Å². The van der Waals surface area contributed by atoms with E-state index in [1.165, 1.54) is 13.0 Å². The maximum absolute atomic E-state index is 13.5. The van der Waals surface area contributed by atoms with Gasteiger partial charge in [-0.15, -0.1) is 0 Å². The lowest BCUT2D eigenvalue weighted by molar-refractivity contribution is -0.136. The fraction of sp³-hybridized carbons (Fsp3) is 0.250. The number of rotatable bonds is 2. The third-order valence-electron chi connectivity index (χ3n) is 3.05. The molecule has 7 nitrogen and oxygen atoms in total. The highest BCUT2D eigenvalue weighted by Crippen LogP contribution is 2.24. The predicted octanol–water partition coefficient (Wildman–Crippen LogP) is -0.267. The molecule has 110 valence electrons. The van der Waals surface area contributed by atoms with E-state index >= 15 is 0 Å². The van der Waals surface area contributed by atoms with Crippen LogP contribution in [0.4, 0.5) is 4.39 Å². The first-order chi connectivity index (χ1) is 9.78. The Bertz CT molecular complexity index is 769. The number of carbonyl (C=O) groups is 2. The zero-order valence-electron chi connectivity index (χ0n) is 10.8. The summed E-state index contributed by atoms with van der Waals surface area (Å²) in [6.07, 6.45) is 0. The second-order valence-corrected chi connectivity index (χ2v) is 6.22. The zero-order valence-corrected chi connectivity index (χ0v) is 11.6. The lowest BCUT2D eigenvalue weighted by Crippen LogP contribution is -2.58. The number of hydrogen-bond donors (Lipinski definition) is 1. The molecule has 1 fully saturated rings. The summed E-state index contributed by atoms with van der Waals surface area (Å²) in [6, 6.07) is 3.49. The zero-order chi connectivity index (χ0) is 15.8. The minimum Gasteiger partial charge on any atom is -0.294 e. The minimum atomic E-state index is -4.35. The third kappa shape index (κ3) is 2.51. The van der Waals surface area contributed by atoms with Gasteiger partial charge in [0.2, 0.25) is 21.8 Å². The van der Waals surface area contributed by atoms with E-state index in [2.05, 4.69) is 0 Å². The van der Waals surface area contributed by atoms with Crippen LogP contribution in [0.15, 0.2) is 23.1 Å². The van der Waals surface area contributed by atoms with Gasteiger partial charge in [0.15, 0.2) is 0 Å². The summed E-state index contributed by atoms with van der Waals surface area (Å²) in [5, 5.41) is 10.9. The second-order valence-electron chi connectivity index (χ2n) is 4.36. The number of hydrogen-bond acceptors (Lipinski definition) is 5. The molecule has 0 saturated carbocycles. The number of piperazine rings is 1. The van der Waals surface area contributed by atoms with E-state index in [4.69, 9.17) is 5.26 Å². The third-order valence-corrected chi connectivity index (χ3v) is 5.01. The Morgan fingerprint density at radius 3 is 2.71 bits per heavy atom. The second kappa shape index (κ2) is 5.23. The molecular weight excluding hydrogens is 301 g/mol. The molecular formula is C12H10FN3O4S. The summed E-state index contributed by atoms with van der Waals surface area (Å²) in [5.41, 5.74) is -0.650. The predicted molar refractivity (Wildman–Crippen MR) is 67.6 cm³/mol. The number of nitrogens with one attached hydrogen (secondary N) is 1. The molecule has 2 amide bonds. The summed E-state index contributed by atoms with van der Waals surface area (Å²) in [5.74, 6) is -2.54. The normalized spacial score (nSPS) is 20.0. The van der Waals surface area contributed by atoms with Gasteiger partial charge < -0.3 is 0 Å². The quantitative estimate of drug-likeness (QED) is 0.757. The number of halogens is 1. The van der Waals surface area contributed by atoms with E-state index in [0.29, 0.717) is 4.31 Å². The van der Waals surface area contributed by atoms with Crippen LogP contribution >= 0.6 is 0 Å². The SMILES string of the molecule is CC1C(=O)NC(=O)CN1S(=O)(=O)c1cccc(F)c1C#N. The molecule has 1 aromatic rings. The van der Waals surface area contributed by atoms with E-state index < -0.39 is 50.7 Å². The first-order valence-electron chi connectivity index (χ1n) is 5.83. The molecule has 1 unspecified atom stereocenters. The van der Waals surface area contributed by atoms with Crippen LogP contribution in [0.1, 0.15) is 12.5 Å². The minimum absolute atomic E-state index is 0.570. The van der Waals surface area contributed by atoms with Crippen molar-refractivity contribution in [2.24, 2.45) is 0 Å². The molecule has 0 bridgehead atoms. The number of benzene rings is 1. The molecule has 0 aliphatic carbocycles. The summed E-state index contributed by atoms with van der Waals surface area (Å²) >= 11 is 0. The summed E-state index contributed by atoms with van der Waals surface area (Å²) in [4.78, 5) is 22.3. The summed E-state index contributed by atoms with van der Waals surface area (Å²) in [7, 11) is -4.35. The first kappa shape index (κ1) is 15.1. The highest BCUT2D eigenvalue weighted by Gasteiger charge is 2.40. The molecule has 1 saturated heterocycles. The molecule has 1 aliphatic rings. The van der Waals surface area contributed by atoms with Crippen molar-refractivity contribution in [3.8, 4) is 6.07 Å². The fourth-order valence-corrected chi connectivity index (χ4v) is 3.64. The molecule has 1 aromatic carbocycles. The lowest BCUT2D eigenvalue weighted by atomic mass is 10.2. The monoisotopic (exact) mass is 311 g/mol. The van der Waals surface area contributed by atoms with Crippen molar-refractivity contribution in [2.45, 2.75) is 17.9 Å². The summed E-state index contributed by atoms with van der Waals surface area (Å²) < 4.78 is 39.2. The van der Waals surface area contributed by atoms with E-state index in [0.717, 1.165) is 18.2 Å². The van der Waals surface area contributed by atoms with Gasteiger partial charge in [-0.05, 0) is 19.1 Å². The van der Waals surface area contributed by atoms with E-state index in [9.17, 15) is 22.4 Å². The Kier molecular flexibility index (Phi) is 3.76. The molecule has 0 spiro atoms. The Morgan fingerprint density at radius 2 is 2.10 bits per heavy atom. The van der Waals surface area contributed by atoms with E-state index in [-0.39, 0.29) is 0 Å². The number of amides is 2. The largest absolute Gasteiger partial charge is 0.294 e. The van der Waals surface area contributed by atoms with E-state index in [1.807, 2.05) is 5.32 Å². The van der Waals surface area contributed by atoms with Crippen LogP contribution in [0.5, 0.6) is 0 Å². The van der Waals surface area contributed by atoms with Crippen LogP contribution in [-0.4, -0.2) is 37.1 Å². The van der Waals surface area contributed by atoms with Gasteiger partial charge in [-0.25, -0.2) is 12.8 Å². The molecule has 1 atom stereocenters. The number of nitrogens with zero attached hydrogens (tertiary/aromatic N) is 2. The van der Waals surface area contributed by atoms with Crippen molar-refractivity contribution in [3.63, 3.8) is 0 Å². The van der Waals surface area contributed by atoms with Gasteiger partial charge in [0.1, 0.15) is 28.4 Å². The molecule has 21 heavy (non-hydrogen) atoms. The van der Waals surface area contributed by atoms with Gasteiger partial charge in [-0.3, -0.25) is 14.9 Å².